The smallest absolute Gasteiger partial charge is 0.189 e. The lowest BCUT2D eigenvalue weighted by molar-refractivity contribution is 0.0730. The summed E-state index contributed by atoms with van der Waals surface area (Å²) in [4.78, 5) is 16.0. The predicted octanol–water partition coefficient (Wildman–Crippen LogP) is 2.09. The van der Waals surface area contributed by atoms with Crippen molar-refractivity contribution in [3.05, 3.63) is 16.6 Å². The maximum Gasteiger partial charge on any atom is 0.189 e. The number of carbonyl (C=O) groups excluding carboxylic acids is 1. The molecule has 78 valence electrons. The van der Waals surface area contributed by atoms with Gasteiger partial charge in [0.25, 0.3) is 0 Å². The Morgan fingerprint density at radius 1 is 1.43 bits per heavy atom. The SMILES string of the molecule is CC(C)(N)C(C)(C)C(=O)c1cscn1. The van der Waals surface area contributed by atoms with E-state index in [4.69, 9.17) is 5.73 Å². The van der Waals surface area contributed by atoms with Crippen molar-refractivity contribution in [3.63, 3.8) is 0 Å². The number of nitrogens with zero attached hydrogens (tertiary/aromatic N) is 1. The number of carbonyl (C=O) groups is 1. The second-order valence-corrected chi connectivity index (χ2v) is 5.27. The molecule has 0 saturated carbocycles. The molecule has 0 aliphatic rings. The topological polar surface area (TPSA) is 56.0 Å². The lowest BCUT2D eigenvalue weighted by atomic mass is 9.71. The molecule has 0 aliphatic carbocycles. The minimum atomic E-state index is -0.596. The largest absolute Gasteiger partial charge is 0.325 e. The van der Waals surface area contributed by atoms with E-state index in [0.29, 0.717) is 5.69 Å². The van der Waals surface area contributed by atoms with E-state index in [-0.39, 0.29) is 5.78 Å². The Balaban J connectivity index is 3.01. The highest BCUT2D eigenvalue weighted by Crippen LogP contribution is 2.31. The average molecular weight is 212 g/mol. The number of nitrogens with two attached hydrogens (primary N) is 1. The lowest BCUT2D eigenvalue weighted by Crippen LogP contribution is -2.51. The standard InChI is InChI=1S/C10H16N2OS/c1-9(2,10(3,4)11)8(13)7-5-14-6-12-7/h5-6H,11H2,1-4H3. The van der Waals surface area contributed by atoms with Crippen LogP contribution < -0.4 is 5.73 Å². The fraction of sp³-hybridized carbons (Fsp3) is 0.600. The monoisotopic (exact) mass is 212 g/mol. The highest BCUT2D eigenvalue weighted by atomic mass is 32.1. The van der Waals surface area contributed by atoms with Crippen molar-refractivity contribution in [1.82, 2.24) is 4.98 Å². The second-order valence-electron chi connectivity index (χ2n) is 4.55. The molecule has 1 aromatic heterocycles. The zero-order chi connectivity index (χ0) is 11.0. The van der Waals surface area contributed by atoms with E-state index in [1.165, 1.54) is 11.3 Å². The minimum Gasteiger partial charge on any atom is -0.325 e. The van der Waals surface area contributed by atoms with Gasteiger partial charge in [0, 0.05) is 16.3 Å². The summed E-state index contributed by atoms with van der Waals surface area (Å²) in [5.74, 6) is 0.00579. The van der Waals surface area contributed by atoms with Gasteiger partial charge in [-0.2, -0.15) is 0 Å². The molecule has 0 saturated heterocycles. The molecule has 0 aliphatic heterocycles. The number of ketones is 1. The van der Waals surface area contributed by atoms with E-state index in [1.54, 1.807) is 10.9 Å². The van der Waals surface area contributed by atoms with Gasteiger partial charge in [0.1, 0.15) is 5.69 Å². The van der Waals surface area contributed by atoms with E-state index in [0.717, 1.165) is 0 Å². The van der Waals surface area contributed by atoms with Gasteiger partial charge in [0.15, 0.2) is 5.78 Å². The van der Waals surface area contributed by atoms with Crippen LogP contribution in [0.1, 0.15) is 38.2 Å². The summed E-state index contributed by atoms with van der Waals surface area (Å²) in [6, 6.07) is 0. The van der Waals surface area contributed by atoms with Crippen LogP contribution in [0.2, 0.25) is 0 Å². The van der Waals surface area contributed by atoms with Crippen LogP contribution in [0, 0.1) is 5.41 Å². The van der Waals surface area contributed by atoms with E-state index >= 15 is 0 Å². The highest BCUT2D eigenvalue weighted by molar-refractivity contribution is 7.07. The number of rotatable bonds is 3. The summed E-state index contributed by atoms with van der Waals surface area (Å²) in [6.07, 6.45) is 0. The molecule has 4 heteroatoms. The third-order valence-electron chi connectivity index (χ3n) is 2.84. The van der Waals surface area contributed by atoms with E-state index < -0.39 is 11.0 Å². The molecule has 2 N–H and O–H groups in total. The van der Waals surface area contributed by atoms with Crippen LogP contribution in [0.3, 0.4) is 0 Å². The van der Waals surface area contributed by atoms with Gasteiger partial charge < -0.3 is 5.73 Å². The van der Waals surface area contributed by atoms with Crippen LogP contribution in [-0.4, -0.2) is 16.3 Å². The first kappa shape index (κ1) is 11.3. The van der Waals surface area contributed by atoms with Crippen molar-refractivity contribution in [2.75, 3.05) is 0 Å². The number of thiazole rings is 1. The first-order chi connectivity index (χ1) is 6.27. The molecule has 0 unspecified atom stereocenters. The van der Waals surface area contributed by atoms with Crippen molar-refractivity contribution >= 4 is 17.1 Å². The fourth-order valence-electron chi connectivity index (χ4n) is 0.937. The maximum absolute atomic E-state index is 12.0. The van der Waals surface area contributed by atoms with E-state index in [2.05, 4.69) is 4.98 Å². The Bertz CT molecular complexity index is 322. The lowest BCUT2D eigenvalue weighted by Gasteiger charge is -2.36. The molecule has 1 rings (SSSR count). The average Bonchev–Trinajstić information content (AvgIpc) is 2.52. The molecule has 1 aromatic rings. The Labute approximate surface area is 88.3 Å². The quantitative estimate of drug-likeness (QED) is 0.780. The van der Waals surface area contributed by atoms with Crippen LogP contribution >= 0.6 is 11.3 Å². The fourth-order valence-corrected chi connectivity index (χ4v) is 1.47. The normalized spacial score (nSPS) is 12.9. The number of hydrogen-bond acceptors (Lipinski definition) is 4. The first-order valence-corrected chi connectivity index (χ1v) is 5.43. The first-order valence-electron chi connectivity index (χ1n) is 4.48. The molecule has 0 radical (unpaired) electrons. The molecule has 3 nitrogen and oxygen atoms in total. The van der Waals surface area contributed by atoms with Crippen molar-refractivity contribution in [2.45, 2.75) is 33.2 Å². The number of aromatic nitrogens is 1. The predicted molar refractivity (Wildman–Crippen MR) is 58.5 cm³/mol. The summed E-state index contributed by atoms with van der Waals surface area (Å²) in [5, 5.41) is 1.76. The van der Waals surface area contributed by atoms with Gasteiger partial charge in [-0.15, -0.1) is 11.3 Å². The Morgan fingerprint density at radius 3 is 2.36 bits per heavy atom. The Morgan fingerprint density at radius 2 is 2.00 bits per heavy atom. The molecule has 0 aromatic carbocycles. The summed E-state index contributed by atoms with van der Waals surface area (Å²) in [6.45, 7) is 7.43. The van der Waals surface area contributed by atoms with Gasteiger partial charge in [-0.25, -0.2) is 4.98 Å². The van der Waals surface area contributed by atoms with Gasteiger partial charge in [-0.1, -0.05) is 13.8 Å². The van der Waals surface area contributed by atoms with Gasteiger partial charge >= 0.3 is 0 Å². The molecular weight excluding hydrogens is 196 g/mol. The molecule has 0 amide bonds. The van der Waals surface area contributed by atoms with Crippen LogP contribution in [-0.2, 0) is 0 Å². The van der Waals surface area contributed by atoms with Crippen LogP contribution in [0.15, 0.2) is 10.9 Å². The van der Waals surface area contributed by atoms with E-state index in [1.807, 2.05) is 27.7 Å². The Kier molecular flexibility index (Phi) is 2.78. The van der Waals surface area contributed by atoms with Gasteiger partial charge in [0.2, 0.25) is 0 Å². The van der Waals surface area contributed by atoms with Gasteiger partial charge in [0.05, 0.1) is 5.51 Å². The minimum absolute atomic E-state index is 0.00579. The molecule has 0 atom stereocenters. The molecule has 1 heterocycles. The molecule has 14 heavy (non-hydrogen) atoms. The number of Topliss-reactive ketones (excluding diaryl/α,β-unsaturated/α-hetero) is 1. The summed E-state index contributed by atoms with van der Waals surface area (Å²) >= 11 is 1.42. The molecule has 0 bridgehead atoms. The van der Waals surface area contributed by atoms with Crippen LogP contribution in [0.25, 0.3) is 0 Å². The third-order valence-corrected chi connectivity index (χ3v) is 3.43. The summed E-state index contributed by atoms with van der Waals surface area (Å²) < 4.78 is 0. The maximum atomic E-state index is 12.0. The van der Waals surface area contributed by atoms with Crippen molar-refractivity contribution in [1.29, 1.82) is 0 Å². The molecular formula is C10H16N2OS. The second kappa shape index (κ2) is 3.44. The van der Waals surface area contributed by atoms with Crippen molar-refractivity contribution < 1.29 is 4.79 Å². The Hall–Kier alpha value is -0.740. The van der Waals surface area contributed by atoms with Gasteiger partial charge in [-0.05, 0) is 13.8 Å². The van der Waals surface area contributed by atoms with Crippen LogP contribution in [0.5, 0.6) is 0 Å². The van der Waals surface area contributed by atoms with Crippen LogP contribution in [0.4, 0.5) is 0 Å². The zero-order valence-corrected chi connectivity index (χ0v) is 9.81. The number of hydrogen-bond donors (Lipinski definition) is 1. The molecule has 0 spiro atoms. The van der Waals surface area contributed by atoms with E-state index in [9.17, 15) is 4.79 Å². The van der Waals surface area contributed by atoms with Gasteiger partial charge in [-0.3, -0.25) is 4.79 Å². The highest BCUT2D eigenvalue weighted by Gasteiger charge is 2.41. The summed E-state index contributed by atoms with van der Waals surface area (Å²) in [5.41, 5.74) is 7.00. The third kappa shape index (κ3) is 1.86. The zero-order valence-electron chi connectivity index (χ0n) is 9.00. The summed E-state index contributed by atoms with van der Waals surface area (Å²) in [7, 11) is 0. The van der Waals surface area contributed by atoms with Crippen molar-refractivity contribution in [2.24, 2.45) is 11.1 Å². The van der Waals surface area contributed by atoms with Crippen molar-refractivity contribution in [3.8, 4) is 0 Å². The molecule has 0 fully saturated rings.